The van der Waals surface area contributed by atoms with E-state index in [1.54, 1.807) is 0 Å². The second kappa shape index (κ2) is 7.61. The van der Waals surface area contributed by atoms with E-state index in [4.69, 9.17) is 0 Å². The largest absolute Gasteiger partial charge is 0.383 e. The molecule has 1 aliphatic heterocycles. The molecule has 2 aliphatic rings. The predicted octanol–water partition coefficient (Wildman–Crippen LogP) is 0.848. The lowest BCUT2D eigenvalue weighted by Crippen LogP contribution is -2.45. The molecule has 1 amide bonds. The maximum absolute atomic E-state index is 12.0. The highest BCUT2D eigenvalue weighted by Gasteiger charge is 2.33. The van der Waals surface area contributed by atoms with Crippen LogP contribution < -0.4 is 5.32 Å². The van der Waals surface area contributed by atoms with Crippen molar-refractivity contribution in [1.82, 2.24) is 25.0 Å². The van der Waals surface area contributed by atoms with Crippen LogP contribution in [0, 0.1) is 12.8 Å². The van der Waals surface area contributed by atoms with Gasteiger partial charge in [-0.1, -0.05) is 6.92 Å². The van der Waals surface area contributed by atoms with Gasteiger partial charge in [-0.15, -0.1) is 10.2 Å². The number of nitrogens with one attached hydrogen (secondary N) is 1. The van der Waals surface area contributed by atoms with E-state index in [2.05, 4.69) is 31.9 Å². The number of likely N-dealkylation sites (tertiary alicyclic amines) is 1. The number of carbonyl (C=O) groups is 1. The molecule has 2 N–H and O–H groups in total. The van der Waals surface area contributed by atoms with Gasteiger partial charge in [0.1, 0.15) is 17.8 Å². The first kappa shape index (κ1) is 17.4. The van der Waals surface area contributed by atoms with E-state index < -0.39 is 6.10 Å². The zero-order valence-corrected chi connectivity index (χ0v) is 14.7. The third-order valence-electron chi connectivity index (χ3n) is 5.10. The van der Waals surface area contributed by atoms with Crippen molar-refractivity contribution in [3.63, 3.8) is 0 Å². The second-order valence-corrected chi connectivity index (χ2v) is 7.16. The minimum Gasteiger partial charge on any atom is -0.383 e. The number of hydrogen-bond acceptors (Lipinski definition) is 5. The Bertz CT molecular complexity index is 561. The maximum atomic E-state index is 12.0. The minimum absolute atomic E-state index is 0.0650. The third-order valence-corrected chi connectivity index (χ3v) is 5.10. The number of rotatable bonds is 7. The van der Waals surface area contributed by atoms with Crippen molar-refractivity contribution in [3.8, 4) is 0 Å². The van der Waals surface area contributed by atoms with Crippen molar-refractivity contribution in [2.24, 2.45) is 5.92 Å². The van der Waals surface area contributed by atoms with Crippen molar-refractivity contribution < 1.29 is 9.90 Å². The van der Waals surface area contributed by atoms with E-state index in [0.29, 0.717) is 6.04 Å². The van der Waals surface area contributed by atoms with Gasteiger partial charge < -0.3 is 15.0 Å². The summed E-state index contributed by atoms with van der Waals surface area (Å²) in [6.07, 6.45) is 4.00. The lowest BCUT2D eigenvalue weighted by molar-refractivity contribution is -0.133. The smallest absolute Gasteiger partial charge is 0.249 e. The molecule has 2 heterocycles. The molecular weight excluding hydrogens is 306 g/mol. The van der Waals surface area contributed by atoms with E-state index >= 15 is 0 Å². The Hall–Kier alpha value is -1.47. The Morgan fingerprint density at radius 2 is 2.00 bits per heavy atom. The third kappa shape index (κ3) is 4.13. The van der Waals surface area contributed by atoms with Crippen LogP contribution in [-0.2, 0) is 17.9 Å². The Morgan fingerprint density at radius 1 is 1.29 bits per heavy atom. The van der Waals surface area contributed by atoms with Crippen LogP contribution in [0.1, 0.15) is 50.7 Å². The summed E-state index contributed by atoms with van der Waals surface area (Å²) in [5.74, 6) is 1.86. The number of aryl methyl sites for hydroxylation is 1. The summed E-state index contributed by atoms with van der Waals surface area (Å²) in [5.41, 5.74) is 0. The minimum atomic E-state index is -0.862. The molecule has 1 aromatic rings. The van der Waals surface area contributed by atoms with Crippen molar-refractivity contribution in [2.75, 3.05) is 13.1 Å². The molecule has 1 unspecified atom stereocenters. The summed E-state index contributed by atoms with van der Waals surface area (Å²) in [6.45, 7) is 7.66. The lowest BCUT2D eigenvalue weighted by Gasteiger charge is -2.33. The quantitative estimate of drug-likeness (QED) is 0.772. The molecule has 134 valence electrons. The van der Waals surface area contributed by atoms with Crippen LogP contribution in [-0.4, -0.2) is 55.9 Å². The van der Waals surface area contributed by atoms with Gasteiger partial charge in [-0.25, -0.2) is 0 Å². The molecular formula is C17H29N5O2. The van der Waals surface area contributed by atoms with E-state index in [1.165, 1.54) is 0 Å². The summed E-state index contributed by atoms with van der Waals surface area (Å²) in [6, 6.07) is 0.306. The van der Waals surface area contributed by atoms with E-state index in [0.717, 1.165) is 69.9 Å². The second-order valence-electron chi connectivity index (χ2n) is 7.16. The summed E-state index contributed by atoms with van der Waals surface area (Å²) >= 11 is 0. The predicted molar refractivity (Wildman–Crippen MR) is 90.2 cm³/mol. The number of amides is 1. The van der Waals surface area contributed by atoms with Crippen molar-refractivity contribution in [2.45, 2.75) is 71.2 Å². The molecule has 1 aliphatic carbocycles. The Kier molecular flexibility index (Phi) is 5.50. The number of aromatic nitrogens is 3. The molecule has 1 saturated carbocycles. The van der Waals surface area contributed by atoms with Crippen molar-refractivity contribution >= 4 is 5.91 Å². The van der Waals surface area contributed by atoms with Gasteiger partial charge in [0.05, 0.1) is 6.54 Å². The number of carbonyl (C=O) groups excluding carboxylic acids is 1. The fraction of sp³-hybridized carbons (Fsp3) is 0.824. The van der Waals surface area contributed by atoms with E-state index in [1.807, 2.05) is 6.92 Å². The SMILES string of the molecule is CCCn1c(C)nnc1CN1CCC(C(O)C(=O)NC2CC2)CC1. The summed E-state index contributed by atoms with van der Waals surface area (Å²) in [5, 5.41) is 21.7. The molecule has 2 fully saturated rings. The zero-order chi connectivity index (χ0) is 17.1. The van der Waals surface area contributed by atoms with Gasteiger partial charge in [0, 0.05) is 12.6 Å². The molecule has 7 nitrogen and oxygen atoms in total. The normalized spacial score (nSPS) is 21.0. The van der Waals surface area contributed by atoms with Crippen LogP contribution in [0.3, 0.4) is 0 Å². The molecule has 0 bridgehead atoms. The number of aliphatic hydroxyl groups excluding tert-OH is 1. The number of nitrogens with zero attached hydrogens (tertiary/aromatic N) is 4. The first-order valence-electron chi connectivity index (χ1n) is 9.18. The van der Waals surface area contributed by atoms with Gasteiger partial charge in [-0.05, 0) is 58.0 Å². The van der Waals surface area contributed by atoms with Crippen LogP contribution in [0.5, 0.6) is 0 Å². The van der Waals surface area contributed by atoms with Gasteiger partial charge in [0.2, 0.25) is 5.91 Å². The van der Waals surface area contributed by atoms with Gasteiger partial charge in [-0.3, -0.25) is 9.69 Å². The lowest BCUT2D eigenvalue weighted by atomic mass is 9.90. The van der Waals surface area contributed by atoms with Gasteiger partial charge in [-0.2, -0.15) is 0 Å². The topological polar surface area (TPSA) is 83.3 Å². The average molecular weight is 335 g/mol. The molecule has 7 heteroatoms. The molecule has 1 atom stereocenters. The van der Waals surface area contributed by atoms with Gasteiger partial charge >= 0.3 is 0 Å². The number of piperidine rings is 1. The molecule has 0 spiro atoms. The standard InChI is InChI=1S/C17H29N5O2/c1-3-8-22-12(2)19-20-15(22)11-21-9-6-13(7-10-21)16(23)17(24)18-14-4-5-14/h13-14,16,23H,3-11H2,1-2H3,(H,18,24). The Labute approximate surface area is 143 Å². The average Bonchev–Trinajstić information content (AvgIpc) is 3.34. The fourth-order valence-electron chi connectivity index (χ4n) is 3.41. The molecule has 1 saturated heterocycles. The van der Waals surface area contributed by atoms with E-state index in [-0.39, 0.29) is 11.8 Å². The first-order chi connectivity index (χ1) is 11.6. The van der Waals surface area contributed by atoms with Gasteiger partial charge in [0.25, 0.3) is 0 Å². The highest BCUT2D eigenvalue weighted by Crippen LogP contribution is 2.24. The molecule has 3 rings (SSSR count). The highest BCUT2D eigenvalue weighted by molar-refractivity contribution is 5.81. The van der Waals surface area contributed by atoms with Crippen LogP contribution in [0.2, 0.25) is 0 Å². The van der Waals surface area contributed by atoms with Crippen molar-refractivity contribution in [3.05, 3.63) is 11.6 Å². The summed E-state index contributed by atoms with van der Waals surface area (Å²) in [7, 11) is 0. The van der Waals surface area contributed by atoms with Crippen LogP contribution in [0.25, 0.3) is 0 Å². The summed E-state index contributed by atoms with van der Waals surface area (Å²) in [4.78, 5) is 14.3. The molecule has 1 aromatic heterocycles. The van der Waals surface area contributed by atoms with Crippen LogP contribution in [0.15, 0.2) is 0 Å². The Balaban J connectivity index is 1.49. The molecule has 0 aromatic carbocycles. The summed E-state index contributed by atoms with van der Waals surface area (Å²) < 4.78 is 2.18. The monoisotopic (exact) mass is 335 g/mol. The number of hydrogen-bond donors (Lipinski definition) is 2. The Morgan fingerprint density at radius 3 is 2.62 bits per heavy atom. The first-order valence-corrected chi connectivity index (χ1v) is 9.18. The highest BCUT2D eigenvalue weighted by atomic mass is 16.3. The van der Waals surface area contributed by atoms with Crippen molar-refractivity contribution in [1.29, 1.82) is 0 Å². The van der Waals surface area contributed by atoms with E-state index in [9.17, 15) is 9.90 Å². The van der Waals surface area contributed by atoms with Gasteiger partial charge in [0.15, 0.2) is 0 Å². The zero-order valence-electron chi connectivity index (χ0n) is 14.7. The molecule has 0 radical (unpaired) electrons. The van der Waals surface area contributed by atoms with Crippen LogP contribution in [0.4, 0.5) is 0 Å². The number of aliphatic hydroxyl groups is 1. The maximum Gasteiger partial charge on any atom is 0.249 e. The van der Waals surface area contributed by atoms with Crippen LogP contribution >= 0.6 is 0 Å². The fourth-order valence-corrected chi connectivity index (χ4v) is 3.41. The molecule has 24 heavy (non-hydrogen) atoms.